The van der Waals surface area contributed by atoms with Crippen molar-refractivity contribution in [2.24, 2.45) is 16.1 Å². The highest BCUT2D eigenvalue weighted by molar-refractivity contribution is 6.30. The molecule has 0 saturated heterocycles. The first kappa shape index (κ1) is 26.6. The zero-order chi connectivity index (χ0) is 27.4. The molecule has 0 aliphatic heterocycles. The molecule has 0 spiro atoms. The number of nitrogen functional groups attached to an aromatic ring is 1. The average Bonchev–Trinajstić information content (AvgIpc) is 3.30. The number of furan rings is 1. The predicted molar refractivity (Wildman–Crippen MR) is 140 cm³/mol. The summed E-state index contributed by atoms with van der Waals surface area (Å²) in [5.74, 6) is 5.24. The molecule has 2 heterocycles. The summed E-state index contributed by atoms with van der Waals surface area (Å²) < 4.78 is 13.5. The Balaban J connectivity index is 1.89. The number of nitrogens with two attached hydrogens (primary N) is 1. The van der Waals surface area contributed by atoms with Gasteiger partial charge in [-0.2, -0.15) is 9.58 Å². The van der Waals surface area contributed by atoms with E-state index in [1.165, 1.54) is 4.57 Å². The maximum absolute atomic E-state index is 13.6. The Morgan fingerprint density at radius 3 is 2.53 bits per heavy atom. The number of nitrogens with zero attached hydrogens (tertiary/aromatic N) is 5. The lowest BCUT2D eigenvalue weighted by Crippen LogP contribution is -2.58. The first-order chi connectivity index (χ1) is 18.2. The molecule has 13 heteroatoms. The molecule has 38 heavy (non-hydrogen) atoms. The number of esters is 1. The van der Waals surface area contributed by atoms with Crippen LogP contribution in [0.4, 0.5) is 5.69 Å². The zero-order valence-electron chi connectivity index (χ0n) is 20.7. The quantitative estimate of drug-likeness (QED) is 0.194. The molecule has 0 fully saturated rings. The van der Waals surface area contributed by atoms with Crippen molar-refractivity contribution >= 4 is 34.2 Å². The van der Waals surface area contributed by atoms with E-state index >= 15 is 0 Å². The minimum Gasteiger partial charge on any atom is -0.466 e. The van der Waals surface area contributed by atoms with Crippen LogP contribution in [-0.2, 0) is 29.2 Å². The van der Waals surface area contributed by atoms with E-state index in [1.807, 2.05) is 0 Å². The number of benzene rings is 2. The van der Waals surface area contributed by atoms with Crippen molar-refractivity contribution in [2.45, 2.75) is 33.5 Å². The number of fused-ring (bicyclic) bond motifs is 1. The van der Waals surface area contributed by atoms with Gasteiger partial charge >= 0.3 is 17.3 Å². The summed E-state index contributed by atoms with van der Waals surface area (Å²) in [7, 11) is 0. The van der Waals surface area contributed by atoms with Crippen molar-refractivity contribution in [3.8, 4) is 0 Å². The summed E-state index contributed by atoms with van der Waals surface area (Å²) in [5.41, 5.74) is -0.0682. The number of hydrogen-bond donors (Lipinski definition) is 1. The van der Waals surface area contributed by atoms with E-state index in [9.17, 15) is 19.3 Å². The van der Waals surface area contributed by atoms with Gasteiger partial charge in [0.05, 0.1) is 24.8 Å². The topological polar surface area (TPSA) is 156 Å². The molecule has 0 saturated carbocycles. The fraction of sp³-hybridized carbons (Fsp3) is 0.280. The van der Waals surface area contributed by atoms with E-state index in [2.05, 4.69) is 10.2 Å². The lowest BCUT2D eigenvalue weighted by molar-refractivity contribution is -0.147. The van der Waals surface area contributed by atoms with Gasteiger partial charge in [-0.1, -0.05) is 35.8 Å². The van der Waals surface area contributed by atoms with Crippen LogP contribution < -0.4 is 22.8 Å². The Morgan fingerprint density at radius 2 is 1.84 bits per heavy atom. The van der Waals surface area contributed by atoms with Crippen LogP contribution in [0.5, 0.6) is 0 Å². The number of rotatable bonds is 9. The minimum absolute atomic E-state index is 0.0171. The monoisotopic (exact) mass is 540 g/mol. The predicted octanol–water partition coefficient (Wildman–Crippen LogP) is 2.67. The molecule has 0 aliphatic rings. The molecule has 198 valence electrons. The molecule has 4 aromatic rings. The first-order valence-electron chi connectivity index (χ1n) is 11.7. The molecule has 0 unspecified atom stereocenters. The Kier molecular flexibility index (Phi) is 7.91. The molecule has 0 aliphatic carbocycles. The molecule has 2 N–H and O–H groups in total. The van der Waals surface area contributed by atoms with Crippen LogP contribution in [0.2, 0.25) is 5.02 Å². The fourth-order valence-corrected chi connectivity index (χ4v) is 4.01. The second-order valence-electron chi connectivity index (χ2n) is 8.55. The molecule has 2 aromatic heterocycles. The van der Waals surface area contributed by atoms with Gasteiger partial charge in [0.15, 0.2) is 0 Å². The lowest BCUT2D eigenvalue weighted by atomic mass is 10.2. The Hall–Kier alpha value is -4.45. The van der Waals surface area contributed by atoms with E-state index in [0.717, 1.165) is 9.24 Å². The molecule has 2 aromatic carbocycles. The van der Waals surface area contributed by atoms with Gasteiger partial charge in [-0.05, 0) is 48.9 Å². The molecule has 4 rings (SSSR count). The van der Waals surface area contributed by atoms with Gasteiger partial charge in [-0.25, -0.2) is 19.1 Å². The van der Waals surface area contributed by atoms with Crippen LogP contribution in [0.25, 0.3) is 11.0 Å². The van der Waals surface area contributed by atoms with E-state index in [-0.39, 0.29) is 31.9 Å². The standard InChI is InChI=1S/C25H25ClN6O6/c1-3-37-22(33)15(2)13-31-24(34)30(14-16-4-6-18(26)7-5-16)23(32(27)25(31)35)29-19-8-9-21-17(10-19)11-20(38-21)12-28-36/h4-11,15H,3,12-14,27H2,1-2H3/b29-23-/t15-/m0/s1. The third-order valence-electron chi connectivity index (χ3n) is 5.76. The maximum Gasteiger partial charge on any atom is 0.353 e. The molecular weight excluding hydrogens is 516 g/mol. The Labute approximate surface area is 220 Å². The summed E-state index contributed by atoms with van der Waals surface area (Å²) in [6.07, 6.45) is 0. The summed E-state index contributed by atoms with van der Waals surface area (Å²) in [4.78, 5) is 54.0. The van der Waals surface area contributed by atoms with Crippen molar-refractivity contribution in [1.82, 2.24) is 13.8 Å². The number of aromatic nitrogens is 3. The van der Waals surface area contributed by atoms with Gasteiger partial charge in [0.25, 0.3) is 0 Å². The average molecular weight is 541 g/mol. The fourth-order valence-electron chi connectivity index (χ4n) is 3.89. The highest BCUT2D eigenvalue weighted by Gasteiger charge is 2.20. The third-order valence-corrected chi connectivity index (χ3v) is 6.01. The molecule has 0 radical (unpaired) electrons. The summed E-state index contributed by atoms with van der Waals surface area (Å²) >= 11 is 6.01. The maximum atomic E-state index is 13.6. The van der Waals surface area contributed by atoms with Crippen molar-refractivity contribution in [1.29, 1.82) is 0 Å². The summed E-state index contributed by atoms with van der Waals surface area (Å²) in [6, 6.07) is 13.4. The van der Waals surface area contributed by atoms with Crippen LogP contribution in [0.1, 0.15) is 25.2 Å². The van der Waals surface area contributed by atoms with Gasteiger partial charge in [0.2, 0.25) is 5.62 Å². The molecule has 12 nitrogen and oxygen atoms in total. The smallest absolute Gasteiger partial charge is 0.353 e. The molecule has 0 amide bonds. The van der Waals surface area contributed by atoms with E-state index in [0.29, 0.717) is 33.0 Å². The van der Waals surface area contributed by atoms with Crippen molar-refractivity contribution in [3.63, 3.8) is 0 Å². The summed E-state index contributed by atoms with van der Waals surface area (Å²) in [6.45, 7) is 3.06. The Morgan fingerprint density at radius 1 is 1.11 bits per heavy atom. The first-order valence-corrected chi connectivity index (χ1v) is 12.1. The van der Waals surface area contributed by atoms with Crippen LogP contribution in [-0.4, -0.2) is 26.4 Å². The van der Waals surface area contributed by atoms with Gasteiger partial charge < -0.3 is 15.0 Å². The van der Waals surface area contributed by atoms with Gasteiger partial charge in [-0.3, -0.25) is 9.36 Å². The van der Waals surface area contributed by atoms with Crippen molar-refractivity contribution < 1.29 is 13.9 Å². The Bertz CT molecular complexity index is 1680. The number of halogens is 1. The van der Waals surface area contributed by atoms with Crippen molar-refractivity contribution in [2.75, 3.05) is 12.4 Å². The minimum atomic E-state index is -0.846. The van der Waals surface area contributed by atoms with Crippen LogP contribution in [0, 0.1) is 10.8 Å². The second-order valence-corrected chi connectivity index (χ2v) is 8.98. The number of ether oxygens (including phenoxy) is 1. The van der Waals surface area contributed by atoms with Crippen LogP contribution >= 0.6 is 11.6 Å². The largest absolute Gasteiger partial charge is 0.466 e. The molecule has 0 bridgehead atoms. The van der Waals surface area contributed by atoms with Crippen LogP contribution in [0.15, 0.2) is 72.7 Å². The number of carbonyl (C=O) groups excluding carboxylic acids is 1. The van der Waals surface area contributed by atoms with E-state index < -0.39 is 23.3 Å². The molecular formula is C25H25ClN6O6. The van der Waals surface area contributed by atoms with Crippen molar-refractivity contribution in [3.05, 3.63) is 96.4 Å². The second kappa shape index (κ2) is 11.3. The lowest BCUT2D eigenvalue weighted by Gasteiger charge is -2.16. The molecule has 1 atom stereocenters. The number of nitroso groups, excluding NO2 is 1. The zero-order valence-corrected chi connectivity index (χ0v) is 21.4. The van der Waals surface area contributed by atoms with E-state index in [4.69, 9.17) is 26.6 Å². The summed E-state index contributed by atoms with van der Waals surface area (Å²) in [5, 5.41) is 4.00. The number of carbonyl (C=O) groups is 1. The number of hydrogen-bond acceptors (Lipinski definition) is 9. The highest BCUT2D eigenvalue weighted by atomic mass is 35.5. The normalized spacial score (nSPS) is 12.6. The van der Waals surface area contributed by atoms with E-state index in [1.54, 1.807) is 62.4 Å². The highest BCUT2D eigenvalue weighted by Crippen LogP contribution is 2.24. The SMILES string of the molecule is CCOC(=O)[C@@H](C)Cn1c(=O)n(N)/c(=N\c2ccc3oc(CN=O)cc3c2)n(Cc2ccc(Cl)cc2)c1=O. The van der Waals surface area contributed by atoms with Gasteiger partial charge in [0.1, 0.15) is 17.9 Å². The third kappa shape index (κ3) is 5.59. The van der Waals surface area contributed by atoms with Gasteiger partial charge in [0, 0.05) is 17.0 Å². The van der Waals surface area contributed by atoms with Gasteiger partial charge in [-0.15, -0.1) is 0 Å². The van der Waals surface area contributed by atoms with Crippen LogP contribution in [0.3, 0.4) is 0 Å².